The number of carbonyl (C=O) groups is 1. The standard InChI is InChI=1S/C12H12N2O4/c1-18-8-4-2-3-7(5-8)11-9(6-10(15)16)12(17)14-13-11/h2-5H,6H2,1H3,(H,15,16)(H2,13,14,17). The lowest BCUT2D eigenvalue weighted by molar-refractivity contribution is -0.136. The van der Waals surface area contributed by atoms with E-state index in [1.165, 1.54) is 7.11 Å². The molecule has 0 amide bonds. The monoisotopic (exact) mass is 248 g/mol. The molecule has 0 saturated carbocycles. The van der Waals surface area contributed by atoms with Gasteiger partial charge < -0.3 is 9.84 Å². The van der Waals surface area contributed by atoms with E-state index in [2.05, 4.69) is 10.2 Å². The highest BCUT2D eigenvalue weighted by atomic mass is 16.5. The summed E-state index contributed by atoms with van der Waals surface area (Å²) in [5.74, 6) is -0.417. The number of benzene rings is 1. The van der Waals surface area contributed by atoms with E-state index in [0.717, 1.165) is 0 Å². The molecular weight excluding hydrogens is 236 g/mol. The van der Waals surface area contributed by atoms with Crippen molar-refractivity contribution in [3.63, 3.8) is 0 Å². The molecule has 1 aromatic heterocycles. The van der Waals surface area contributed by atoms with Crippen LogP contribution < -0.4 is 10.3 Å². The summed E-state index contributed by atoms with van der Waals surface area (Å²) in [4.78, 5) is 22.3. The van der Waals surface area contributed by atoms with Gasteiger partial charge in [-0.2, -0.15) is 0 Å². The van der Waals surface area contributed by atoms with E-state index in [1.807, 2.05) is 0 Å². The Bertz CT molecular complexity index is 627. The molecule has 0 radical (unpaired) electrons. The minimum absolute atomic E-state index is 0.204. The summed E-state index contributed by atoms with van der Waals surface area (Å²) >= 11 is 0. The first-order valence-electron chi connectivity index (χ1n) is 5.27. The maximum absolute atomic E-state index is 11.5. The largest absolute Gasteiger partial charge is 0.497 e. The van der Waals surface area contributed by atoms with Crippen LogP contribution in [0.3, 0.4) is 0 Å². The van der Waals surface area contributed by atoms with Crippen LogP contribution in [-0.4, -0.2) is 28.4 Å². The lowest BCUT2D eigenvalue weighted by atomic mass is 10.1. The van der Waals surface area contributed by atoms with Crippen LogP contribution in [0.15, 0.2) is 29.1 Å². The van der Waals surface area contributed by atoms with Gasteiger partial charge in [-0.1, -0.05) is 12.1 Å². The highest BCUT2D eigenvalue weighted by molar-refractivity contribution is 5.75. The van der Waals surface area contributed by atoms with Gasteiger partial charge >= 0.3 is 5.97 Å². The highest BCUT2D eigenvalue weighted by Gasteiger charge is 2.15. The summed E-state index contributed by atoms with van der Waals surface area (Å²) in [5.41, 5.74) is 0.955. The van der Waals surface area contributed by atoms with Crippen LogP contribution in [0.2, 0.25) is 0 Å². The van der Waals surface area contributed by atoms with E-state index < -0.39 is 11.5 Å². The molecule has 0 aliphatic heterocycles. The van der Waals surface area contributed by atoms with Crippen molar-refractivity contribution in [1.29, 1.82) is 0 Å². The molecule has 6 heteroatoms. The summed E-state index contributed by atoms with van der Waals surface area (Å²) in [5, 5.41) is 13.9. The molecule has 2 rings (SSSR count). The zero-order chi connectivity index (χ0) is 13.1. The van der Waals surface area contributed by atoms with Crippen molar-refractivity contribution in [2.24, 2.45) is 0 Å². The number of aromatic nitrogens is 2. The Labute approximate surface area is 102 Å². The van der Waals surface area contributed by atoms with Crippen molar-refractivity contribution in [2.75, 3.05) is 7.11 Å². The van der Waals surface area contributed by atoms with Gasteiger partial charge in [0.2, 0.25) is 0 Å². The second-order valence-corrected chi connectivity index (χ2v) is 3.74. The van der Waals surface area contributed by atoms with Crippen molar-refractivity contribution in [2.45, 2.75) is 6.42 Å². The van der Waals surface area contributed by atoms with E-state index in [9.17, 15) is 9.59 Å². The highest BCUT2D eigenvalue weighted by Crippen LogP contribution is 2.23. The lowest BCUT2D eigenvalue weighted by Gasteiger charge is -2.04. The first-order valence-corrected chi connectivity index (χ1v) is 5.27. The van der Waals surface area contributed by atoms with E-state index in [1.54, 1.807) is 24.3 Å². The van der Waals surface area contributed by atoms with Crippen molar-refractivity contribution >= 4 is 5.97 Å². The van der Waals surface area contributed by atoms with Crippen molar-refractivity contribution < 1.29 is 14.6 Å². The fourth-order valence-corrected chi connectivity index (χ4v) is 1.73. The average molecular weight is 248 g/mol. The SMILES string of the molecule is COc1cccc(-c2[nH][nH]c(=O)c2CC(=O)O)c1. The number of hydrogen-bond donors (Lipinski definition) is 3. The molecule has 1 heterocycles. The number of hydrogen-bond acceptors (Lipinski definition) is 3. The zero-order valence-corrected chi connectivity index (χ0v) is 9.69. The van der Waals surface area contributed by atoms with Gasteiger partial charge in [0, 0.05) is 5.56 Å². The fraction of sp³-hybridized carbons (Fsp3) is 0.167. The second kappa shape index (κ2) is 4.79. The van der Waals surface area contributed by atoms with Crippen LogP contribution in [0.4, 0.5) is 0 Å². The molecular formula is C12H12N2O4. The Hall–Kier alpha value is -2.50. The third-order valence-corrected chi connectivity index (χ3v) is 2.56. The zero-order valence-electron chi connectivity index (χ0n) is 9.69. The predicted molar refractivity (Wildman–Crippen MR) is 64.7 cm³/mol. The molecule has 0 aliphatic rings. The Morgan fingerprint density at radius 1 is 1.39 bits per heavy atom. The maximum Gasteiger partial charge on any atom is 0.308 e. The van der Waals surface area contributed by atoms with Gasteiger partial charge in [0.1, 0.15) is 5.75 Å². The summed E-state index contributed by atoms with van der Waals surface area (Å²) < 4.78 is 5.09. The van der Waals surface area contributed by atoms with E-state index in [4.69, 9.17) is 9.84 Å². The summed E-state index contributed by atoms with van der Waals surface area (Å²) in [7, 11) is 1.54. The lowest BCUT2D eigenvalue weighted by Crippen LogP contribution is -2.11. The molecule has 3 N–H and O–H groups in total. The number of carboxylic acid groups (broad SMARTS) is 1. The van der Waals surface area contributed by atoms with Gasteiger partial charge in [0.05, 0.1) is 24.8 Å². The number of rotatable bonds is 4. The third kappa shape index (κ3) is 2.27. The van der Waals surface area contributed by atoms with Gasteiger partial charge in [-0.3, -0.25) is 19.8 Å². The maximum atomic E-state index is 11.5. The van der Waals surface area contributed by atoms with Gasteiger partial charge in [-0.15, -0.1) is 0 Å². The number of ether oxygens (including phenoxy) is 1. The molecule has 0 spiro atoms. The summed E-state index contributed by atoms with van der Waals surface area (Å²) in [6.07, 6.45) is -0.328. The molecule has 2 aromatic rings. The third-order valence-electron chi connectivity index (χ3n) is 2.56. The average Bonchev–Trinajstić information content (AvgIpc) is 2.71. The molecule has 94 valence electrons. The second-order valence-electron chi connectivity index (χ2n) is 3.74. The molecule has 0 atom stereocenters. The number of aromatic amines is 2. The minimum Gasteiger partial charge on any atom is -0.497 e. The summed E-state index contributed by atoms with van der Waals surface area (Å²) in [6.45, 7) is 0. The van der Waals surface area contributed by atoms with Crippen molar-refractivity contribution in [1.82, 2.24) is 10.2 Å². The van der Waals surface area contributed by atoms with Crippen molar-refractivity contribution in [3.8, 4) is 17.0 Å². The van der Waals surface area contributed by atoms with Gasteiger partial charge in [-0.25, -0.2) is 0 Å². The Balaban J connectivity index is 2.50. The Morgan fingerprint density at radius 2 is 2.17 bits per heavy atom. The van der Waals surface area contributed by atoms with Crippen LogP contribution in [0.5, 0.6) is 5.75 Å². The van der Waals surface area contributed by atoms with E-state index >= 15 is 0 Å². The van der Waals surface area contributed by atoms with Gasteiger partial charge in [0.25, 0.3) is 5.56 Å². The predicted octanol–water partition coefficient (Wildman–Crippen LogP) is 1.01. The molecule has 18 heavy (non-hydrogen) atoms. The number of methoxy groups -OCH3 is 1. The van der Waals surface area contributed by atoms with Gasteiger partial charge in [0.15, 0.2) is 0 Å². The molecule has 0 aliphatic carbocycles. The van der Waals surface area contributed by atoms with Crippen LogP contribution in [-0.2, 0) is 11.2 Å². The number of carboxylic acids is 1. The molecule has 0 saturated heterocycles. The number of aliphatic carboxylic acids is 1. The van der Waals surface area contributed by atoms with Gasteiger partial charge in [-0.05, 0) is 12.1 Å². The summed E-state index contributed by atoms with van der Waals surface area (Å²) in [6, 6.07) is 7.03. The minimum atomic E-state index is -1.05. The fourth-order valence-electron chi connectivity index (χ4n) is 1.73. The Morgan fingerprint density at radius 3 is 2.83 bits per heavy atom. The smallest absolute Gasteiger partial charge is 0.308 e. The van der Waals surface area contributed by atoms with Crippen LogP contribution >= 0.6 is 0 Å². The van der Waals surface area contributed by atoms with E-state index in [0.29, 0.717) is 17.0 Å². The first kappa shape index (κ1) is 12.0. The number of nitrogens with one attached hydrogen (secondary N) is 2. The molecule has 0 unspecified atom stereocenters. The normalized spacial score (nSPS) is 10.3. The molecule has 0 fully saturated rings. The van der Waals surface area contributed by atoms with Crippen LogP contribution in [0.25, 0.3) is 11.3 Å². The molecule has 1 aromatic carbocycles. The molecule has 6 nitrogen and oxygen atoms in total. The van der Waals surface area contributed by atoms with Crippen LogP contribution in [0, 0.1) is 0 Å². The first-order chi connectivity index (χ1) is 8.61. The van der Waals surface area contributed by atoms with Crippen molar-refractivity contribution in [3.05, 3.63) is 40.2 Å². The quantitative estimate of drug-likeness (QED) is 0.752. The van der Waals surface area contributed by atoms with Crippen LogP contribution in [0.1, 0.15) is 5.56 Å². The number of H-pyrrole nitrogens is 2. The topological polar surface area (TPSA) is 95.2 Å². The van der Waals surface area contributed by atoms with E-state index in [-0.39, 0.29) is 12.0 Å². The Kier molecular flexibility index (Phi) is 3.18. The molecule has 0 bridgehead atoms.